The molecule has 18 heavy (non-hydrogen) atoms. The van der Waals surface area contributed by atoms with Crippen LogP contribution in [-0.4, -0.2) is 34.0 Å². The number of carbonyl (C=O) groups is 1. The molecule has 4 saturated carbocycles. The highest BCUT2D eigenvalue weighted by molar-refractivity contribution is 14.1. The molecule has 0 amide bonds. The molecular formula is C13H19IO4. The van der Waals surface area contributed by atoms with Crippen molar-refractivity contribution in [1.29, 1.82) is 0 Å². The number of aliphatic hydroxyl groups is 1. The van der Waals surface area contributed by atoms with E-state index in [-0.39, 0.29) is 16.2 Å². The van der Waals surface area contributed by atoms with Gasteiger partial charge in [0.15, 0.2) is 6.79 Å². The first-order valence-electron chi connectivity index (χ1n) is 6.46. The molecule has 0 aromatic carbocycles. The second-order valence-electron chi connectivity index (χ2n) is 6.50. The minimum Gasteiger partial charge on any atom is -0.438 e. The van der Waals surface area contributed by atoms with Crippen molar-refractivity contribution in [3.8, 4) is 0 Å². The van der Waals surface area contributed by atoms with E-state index in [4.69, 9.17) is 9.47 Å². The third-order valence-corrected chi connectivity index (χ3v) is 5.92. The number of ether oxygens (including phenoxy) is 2. The first-order chi connectivity index (χ1) is 8.39. The summed E-state index contributed by atoms with van der Waals surface area (Å²) in [4.78, 5) is 12.3. The van der Waals surface area contributed by atoms with Crippen molar-refractivity contribution in [2.75, 3.05) is 13.9 Å². The minimum absolute atomic E-state index is 0.0118. The van der Waals surface area contributed by atoms with Gasteiger partial charge in [-0.15, -0.1) is 0 Å². The quantitative estimate of drug-likeness (QED) is 0.360. The molecule has 4 fully saturated rings. The Labute approximate surface area is 121 Å². The van der Waals surface area contributed by atoms with Crippen molar-refractivity contribution >= 4 is 28.6 Å². The third kappa shape index (κ3) is 1.98. The van der Waals surface area contributed by atoms with Crippen molar-refractivity contribution in [3.05, 3.63) is 0 Å². The van der Waals surface area contributed by atoms with E-state index in [2.05, 4.69) is 22.6 Å². The van der Waals surface area contributed by atoms with Crippen LogP contribution in [0, 0.1) is 11.3 Å². The lowest BCUT2D eigenvalue weighted by molar-refractivity contribution is -0.197. The highest BCUT2D eigenvalue weighted by atomic mass is 127. The molecule has 0 spiro atoms. The molecule has 0 radical (unpaired) electrons. The van der Waals surface area contributed by atoms with Crippen LogP contribution in [0.3, 0.4) is 0 Å². The zero-order valence-electron chi connectivity index (χ0n) is 10.6. The average Bonchev–Trinajstić information content (AvgIpc) is 2.20. The molecule has 5 heteroatoms. The molecule has 4 aliphatic carbocycles. The van der Waals surface area contributed by atoms with Gasteiger partial charge < -0.3 is 14.6 Å². The summed E-state index contributed by atoms with van der Waals surface area (Å²) >= 11 is 2.46. The first kappa shape index (κ1) is 13.1. The molecule has 0 aromatic rings. The maximum absolute atomic E-state index is 12.3. The second kappa shape index (κ2) is 4.06. The van der Waals surface area contributed by atoms with Gasteiger partial charge in [0.25, 0.3) is 0 Å². The molecule has 4 nitrogen and oxygen atoms in total. The fraction of sp³-hybridized carbons (Fsp3) is 0.923. The molecule has 0 aromatic heterocycles. The largest absolute Gasteiger partial charge is 0.438 e. The zero-order valence-corrected chi connectivity index (χ0v) is 12.7. The Balaban J connectivity index is 1.86. The van der Waals surface area contributed by atoms with Crippen LogP contribution in [0.5, 0.6) is 0 Å². The number of hydrogen-bond acceptors (Lipinski definition) is 4. The predicted octanol–water partition coefficient (Wildman–Crippen LogP) is 2.02. The Morgan fingerprint density at radius 2 is 2.11 bits per heavy atom. The molecule has 0 saturated heterocycles. The van der Waals surface area contributed by atoms with Gasteiger partial charge in [0, 0.05) is 10.5 Å². The summed E-state index contributed by atoms with van der Waals surface area (Å²) < 4.78 is 10.1. The summed E-state index contributed by atoms with van der Waals surface area (Å²) in [6.07, 6.45) is 5.12. The Bertz CT molecular complexity index is 365. The monoisotopic (exact) mass is 366 g/mol. The molecule has 4 unspecified atom stereocenters. The molecule has 4 bridgehead atoms. The minimum atomic E-state index is -0.646. The van der Waals surface area contributed by atoms with Gasteiger partial charge in [-0.25, -0.2) is 0 Å². The van der Waals surface area contributed by atoms with Gasteiger partial charge in [-0.05, 0) is 44.4 Å². The summed E-state index contributed by atoms with van der Waals surface area (Å²) in [6.45, 7) is 0.0118. The van der Waals surface area contributed by atoms with Crippen LogP contribution in [0.4, 0.5) is 0 Å². The van der Waals surface area contributed by atoms with E-state index >= 15 is 0 Å². The van der Waals surface area contributed by atoms with Gasteiger partial charge in [-0.3, -0.25) is 4.79 Å². The fourth-order valence-corrected chi connectivity index (χ4v) is 6.83. The lowest BCUT2D eigenvalue weighted by atomic mass is 9.48. The summed E-state index contributed by atoms with van der Waals surface area (Å²) in [6, 6.07) is 0. The van der Waals surface area contributed by atoms with Crippen molar-refractivity contribution < 1.29 is 19.4 Å². The maximum Gasteiger partial charge on any atom is 0.314 e. The van der Waals surface area contributed by atoms with Crippen LogP contribution in [0.15, 0.2) is 0 Å². The molecule has 0 heterocycles. The van der Waals surface area contributed by atoms with E-state index in [0.29, 0.717) is 12.3 Å². The normalized spacial score (nSPS) is 49.4. The van der Waals surface area contributed by atoms with Crippen LogP contribution in [0.25, 0.3) is 0 Å². The fourth-order valence-electron chi connectivity index (χ4n) is 4.76. The number of methoxy groups -OCH3 is 1. The topological polar surface area (TPSA) is 55.8 Å². The number of halogens is 1. The predicted molar refractivity (Wildman–Crippen MR) is 73.3 cm³/mol. The van der Waals surface area contributed by atoms with Crippen LogP contribution >= 0.6 is 22.6 Å². The Hall–Kier alpha value is 0.120. The smallest absolute Gasteiger partial charge is 0.314 e. The Morgan fingerprint density at radius 1 is 1.33 bits per heavy atom. The van der Waals surface area contributed by atoms with Crippen LogP contribution in [-0.2, 0) is 14.3 Å². The molecule has 0 aliphatic heterocycles. The van der Waals surface area contributed by atoms with E-state index in [1.807, 2.05) is 0 Å². The highest BCUT2D eigenvalue weighted by Crippen LogP contribution is 2.66. The first-order valence-corrected chi connectivity index (χ1v) is 7.54. The van der Waals surface area contributed by atoms with E-state index in [1.54, 1.807) is 0 Å². The van der Waals surface area contributed by atoms with Crippen molar-refractivity contribution in [2.45, 2.75) is 47.5 Å². The van der Waals surface area contributed by atoms with Gasteiger partial charge in [0.1, 0.15) is 0 Å². The molecular weight excluding hydrogens is 347 g/mol. The van der Waals surface area contributed by atoms with E-state index < -0.39 is 11.0 Å². The van der Waals surface area contributed by atoms with E-state index in [9.17, 15) is 9.90 Å². The number of carbonyl (C=O) groups excluding carboxylic acids is 1. The Kier molecular flexibility index (Phi) is 2.96. The number of rotatable bonds is 3. The third-order valence-electron chi connectivity index (χ3n) is 4.71. The highest BCUT2D eigenvalue weighted by Gasteiger charge is 2.65. The molecule has 102 valence electrons. The van der Waals surface area contributed by atoms with Gasteiger partial charge in [-0.1, -0.05) is 22.6 Å². The standard InChI is InChI=1S/C13H19IO4/c1-17-8-18-10(15)11-2-9-3-12(14,5-11)7-13(16,4-9)6-11/h9,16H,2-8H2,1H3. The average molecular weight is 366 g/mol. The van der Waals surface area contributed by atoms with E-state index in [1.165, 1.54) is 7.11 Å². The summed E-state index contributed by atoms with van der Waals surface area (Å²) in [5.41, 5.74) is -1.11. The van der Waals surface area contributed by atoms with Crippen LogP contribution in [0.2, 0.25) is 0 Å². The van der Waals surface area contributed by atoms with Crippen molar-refractivity contribution in [1.82, 2.24) is 0 Å². The zero-order chi connectivity index (χ0) is 13.0. The summed E-state index contributed by atoms with van der Waals surface area (Å²) in [5, 5.41) is 10.7. The molecule has 1 N–H and O–H groups in total. The van der Waals surface area contributed by atoms with E-state index in [0.717, 1.165) is 32.1 Å². The SMILES string of the molecule is COCOC(=O)C12CC3CC(O)(CC(I)(C3)C1)C2. The number of hydrogen-bond donors (Lipinski definition) is 1. The summed E-state index contributed by atoms with van der Waals surface area (Å²) in [5.74, 6) is 0.297. The van der Waals surface area contributed by atoms with Crippen LogP contribution in [0.1, 0.15) is 38.5 Å². The lowest BCUT2D eigenvalue weighted by Gasteiger charge is -2.62. The number of alkyl halides is 1. The maximum atomic E-state index is 12.3. The Morgan fingerprint density at radius 3 is 2.72 bits per heavy atom. The molecule has 4 rings (SSSR count). The lowest BCUT2D eigenvalue weighted by Crippen LogP contribution is -2.63. The number of esters is 1. The molecule has 4 aliphatic rings. The summed E-state index contributed by atoms with van der Waals surface area (Å²) in [7, 11) is 1.51. The van der Waals surface area contributed by atoms with Crippen molar-refractivity contribution in [2.24, 2.45) is 11.3 Å². The second-order valence-corrected chi connectivity index (χ2v) is 8.79. The van der Waals surface area contributed by atoms with Gasteiger partial charge in [0.05, 0.1) is 11.0 Å². The molecule has 4 atom stereocenters. The van der Waals surface area contributed by atoms with Gasteiger partial charge in [0.2, 0.25) is 0 Å². The van der Waals surface area contributed by atoms with Gasteiger partial charge in [-0.2, -0.15) is 0 Å². The van der Waals surface area contributed by atoms with Gasteiger partial charge >= 0.3 is 5.97 Å². The van der Waals surface area contributed by atoms with Crippen molar-refractivity contribution in [3.63, 3.8) is 0 Å². The van der Waals surface area contributed by atoms with Crippen LogP contribution < -0.4 is 0 Å².